The van der Waals surface area contributed by atoms with E-state index in [0.29, 0.717) is 6.54 Å². The summed E-state index contributed by atoms with van der Waals surface area (Å²) in [5, 5.41) is 19.9. The fraction of sp³-hybridized carbons (Fsp3) is 0.167. The SMILES string of the molecule is CCNc1c(C(=O)Nc2ccon2)cccc1[N+](=O)[O-]. The minimum atomic E-state index is -0.537. The van der Waals surface area contributed by atoms with Crippen LogP contribution in [0.3, 0.4) is 0 Å². The van der Waals surface area contributed by atoms with Gasteiger partial charge in [-0.15, -0.1) is 0 Å². The van der Waals surface area contributed by atoms with Crippen molar-refractivity contribution in [1.82, 2.24) is 5.16 Å². The molecule has 0 radical (unpaired) electrons. The zero-order valence-electron chi connectivity index (χ0n) is 10.6. The summed E-state index contributed by atoms with van der Waals surface area (Å²) in [6, 6.07) is 5.77. The van der Waals surface area contributed by atoms with E-state index >= 15 is 0 Å². The molecule has 0 aliphatic rings. The summed E-state index contributed by atoms with van der Waals surface area (Å²) in [5.41, 5.74) is 0.199. The number of nitro groups is 1. The van der Waals surface area contributed by atoms with Crippen molar-refractivity contribution in [2.75, 3.05) is 17.2 Å². The fourth-order valence-electron chi connectivity index (χ4n) is 1.70. The van der Waals surface area contributed by atoms with Gasteiger partial charge < -0.3 is 15.2 Å². The average molecular weight is 276 g/mol. The predicted octanol–water partition coefficient (Wildman–Crippen LogP) is 2.27. The highest BCUT2D eigenvalue weighted by atomic mass is 16.6. The highest BCUT2D eigenvalue weighted by Crippen LogP contribution is 2.28. The van der Waals surface area contributed by atoms with Crippen LogP contribution in [-0.2, 0) is 0 Å². The first-order valence-electron chi connectivity index (χ1n) is 5.86. The van der Waals surface area contributed by atoms with Crippen molar-refractivity contribution in [1.29, 1.82) is 0 Å². The first-order chi connectivity index (χ1) is 9.63. The topological polar surface area (TPSA) is 110 Å². The molecule has 20 heavy (non-hydrogen) atoms. The first kappa shape index (κ1) is 13.5. The van der Waals surface area contributed by atoms with Gasteiger partial charge in [0.15, 0.2) is 5.82 Å². The normalized spacial score (nSPS) is 10.1. The van der Waals surface area contributed by atoms with Gasteiger partial charge in [0.25, 0.3) is 11.6 Å². The van der Waals surface area contributed by atoms with Crippen LogP contribution in [0.2, 0.25) is 0 Å². The summed E-state index contributed by atoms with van der Waals surface area (Å²) in [5.74, 6) is -0.262. The minimum Gasteiger partial charge on any atom is -0.379 e. The highest BCUT2D eigenvalue weighted by Gasteiger charge is 2.21. The third-order valence-electron chi connectivity index (χ3n) is 2.52. The summed E-state index contributed by atoms with van der Waals surface area (Å²) >= 11 is 0. The van der Waals surface area contributed by atoms with Crippen molar-refractivity contribution in [2.45, 2.75) is 6.92 Å². The summed E-state index contributed by atoms with van der Waals surface area (Å²) < 4.78 is 4.60. The average Bonchev–Trinajstić information content (AvgIpc) is 2.91. The molecule has 1 amide bonds. The zero-order valence-corrected chi connectivity index (χ0v) is 10.6. The lowest BCUT2D eigenvalue weighted by atomic mass is 10.1. The summed E-state index contributed by atoms with van der Waals surface area (Å²) in [6.07, 6.45) is 1.31. The van der Waals surface area contributed by atoms with Gasteiger partial charge in [-0.3, -0.25) is 14.9 Å². The highest BCUT2D eigenvalue weighted by molar-refractivity contribution is 6.08. The molecule has 0 saturated carbocycles. The Bertz CT molecular complexity index is 624. The van der Waals surface area contributed by atoms with Crippen molar-refractivity contribution in [3.05, 3.63) is 46.2 Å². The van der Waals surface area contributed by atoms with Crippen molar-refractivity contribution < 1.29 is 14.2 Å². The Morgan fingerprint density at radius 3 is 2.85 bits per heavy atom. The van der Waals surface area contributed by atoms with E-state index < -0.39 is 10.8 Å². The van der Waals surface area contributed by atoms with Gasteiger partial charge in [0.2, 0.25) is 0 Å². The van der Waals surface area contributed by atoms with Crippen LogP contribution >= 0.6 is 0 Å². The molecule has 8 heteroatoms. The summed E-state index contributed by atoms with van der Waals surface area (Å²) in [4.78, 5) is 22.6. The number of para-hydroxylation sites is 1. The quantitative estimate of drug-likeness (QED) is 0.640. The minimum absolute atomic E-state index is 0.153. The molecular weight excluding hydrogens is 264 g/mol. The van der Waals surface area contributed by atoms with Crippen LogP contribution in [-0.4, -0.2) is 22.5 Å². The van der Waals surface area contributed by atoms with Crippen LogP contribution in [0.1, 0.15) is 17.3 Å². The van der Waals surface area contributed by atoms with E-state index in [1.54, 1.807) is 6.92 Å². The molecule has 8 nitrogen and oxygen atoms in total. The number of hydrogen-bond acceptors (Lipinski definition) is 6. The van der Waals surface area contributed by atoms with E-state index in [4.69, 9.17) is 0 Å². The molecule has 0 saturated heterocycles. The Balaban J connectivity index is 2.37. The lowest BCUT2D eigenvalue weighted by molar-refractivity contribution is -0.384. The molecule has 0 spiro atoms. The Hall–Kier alpha value is -2.90. The molecular formula is C12H12N4O4. The molecule has 0 atom stereocenters. The smallest absolute Gasteiger partial charge is 0.293 e. The number of carbonyl (C=O) groups excluding carboxylic acids is 1. The number of carbonyl (C=O) groups is 1. The second kappa shape index (κ2) is 5.83. The van der Waals surface area contributed by atoms with Crippen LogP contribution in [0, 0.1) is 10.1 Å². The van der Waals surface area contributed by atoms with Gasteiger partial charge in [0.05, 0.1) is 10.5 Å². The Labute approximate surface area is 113 Å². The van der Waals surface area contributed by atoms with E-state index in [2.05, 4.69) is 20.3 Å². The van der Waals surface area contributed by atoms with Crippen molar-refractivity contribution >= 4 is 23.1 Å². The van der Waals surface area contributed by atoms with E-state index in [-0.39, 0.29) is 22.8 Å². The number of hydrogen-bond donors (Lipinski definition) is 2. The summed E-state index contributed by atoms with van der Waals surface area (Å²) in [6.45, 7) is 2.24. The molecule has 1 aromatic heterocycles. The van der Waals surface area contributed by atoms with Crippen LogP contribution in [0.4, 0.5) is 17.2 Å². The Morgan fingerprint density at radius 2 is 2.25 bits per heavy atom. The van der Waals surface area contributed by atoms with E-state index in [1.165, 1.54) is 30.5 Å². The molecule has 1 heterocycles. The molecule has 1 aromatic carbocycles. The molecule has 0 bridgehead atoms. The maximum Gasteiger partial charge on any atom is 0.293 e. The van der Waals surface area contributed by atoms with Gasteiger partial charge in [0.1, 0.15) is 12.0 Å². The fourth-order valence-corrected chi connectivity index (χ4v) is 1.70. The van der Waals surface area contributed by atoms with Gasteiger partial charge >= 0.3 is 0 Å². The van der Waals surface area contributed by atoms with Gasteiger partial charge in [0, 0.05) is 18.7 Å². The molecule has 0 unspecified atom stereocenters. The Morgan fingerprint density at radius 1 is 1.45 bits per heavy atom. The second-order valence-electron chi connectivity index (χ2n) is 3.83. The molecule has 2 rings (SSSR count). The van der Waals surface area contributed by atoms with Crippen molar-refractivity contribution in [3.8, 4) is 0 Å². The number of nitrogens with zero attached hydrogens (tertiary/aromatic N) is 2. The molecule has 0 fully saturated rings. The van der Waals surface area contributed by atoms with E-state index in [1.807, 2.05) is 0 Å². The monoisotopic (exact) mass is 276 g/mol. The lowest BCUT2D eigenvalue weighted by Gasteiger charge is -2.10. The molecule has 2 aromatic rings. The number of amides is 1. The number of benzene rings is 1. The summed E-state index contributed by atoms with van der Waals surface area (Å²) in [7, 11) is 0. The van der Waals surface area contributed by atoms with E-state index in [9.17, 15) is 14.9 Å². The Kier molecular flexibility index (Phi) is 3.94. The number of rotatable bonds is 5. The lowest BCUT2D eigenvalue weighted by Crippen LogP contribution is -2.16. The first-order valence-corrected chi connectivity index (χ1v) is 5.86. The van der Waals surface area contributed by atoms with E-state index in [0.717, 1.165) is 0 Å². The number of anilines is 2. The maximum atomic E-state index is 12.1. The van der Waals surface area contributed by atoms with Gasteiger partial charge in [-0.2, -0.15) is 0 Å². The number of nitro benzene ring substituents is 1. The van der Waals surface area contributed by atoms with Crippen LogP contribution in [0.15, 0.2) is 35.1 Å². The zero-order chi connectivity index (χ0) is 14.5. The van der Waals surface area contributed by atoms with Crippen molar-refractivity contribution in [3.63, 3.8) is 0 Å². The standard InChI is InChI=1S/C12H12N4O4/c1-2-13-11-8(4-3-5-9(11)16(18)19)12(17)14-10-6-7-20-15-10/h3-7,13H,2H2,1H3,(H,14,15,17). The third-order valence-corrected chi connectivity index (χ3v) is 2.52. The maximum absolute atomic E-state index is 12.1. The molecule has 0 aliphatic carbocycles. The van der Waals surface area contributed by atoms with Gasteiger partial charge in [-0.25, -0.2) is 0 Å². The van der Waals surface area contributed by atoms with Crippen LogP contribution < -0.4 is 10.6 Å². The van der Waals surface area contributed by atoms with Crippen molar-refractivity contribution in [2.24, 2.45) is 0 Å². The molecule has 104 valence electrons. The predicted molar refractivity (Wildman–Crippen MR) is 71.7 cm³/mol. The number of nitrogens with one attached hydrogen (secondary N) is 2. The van der Waals surface area contributed by atoms with Gasteiger partial charge in [-0.05, 0) is 13.0 Å². The third kappa shape index (κ3) is 2.74. The second-order valence-corrected chi connectivity index (χ2v) is 3.83. The van der Waals surface area contributed by atoms with Crippen LogP contribution in [0.5, 0.6) is 0 Å². The van der Waals surface area contributed by atoms with Gasteiger partial charge in [-0.1, -0.05) is 11.2 Å². The number of aromatic nitrogens is 1. The molecule has 0 aliphatic heterocycles. The molecule has 2 N–H and O–H groups in total. The van der Waals surface area contributed by atoms with Crippen LogP contribution in [0.25, 0.3) is 0 Å². The largest absolute Gasteiger partial charge is 0.379 e.